The molecule has 0 spiro atoms. The summed E-state index contributed by atoms with van der Waals surface area (Å²) < 4.78 is 5.17. The van der Waals surface area contributed by atoms with Gasteiger partial charge in [-0.25, -0.2) is 0 Å². The molecule has 1 aliphatic carbocycles. The number of carbonyl (C=O) groups excluding carboxylic acids is 2. The molecule has 1 amide bonds. The SMILES string of the molecule is COC(=O)[C@@H](Cc1cccc(C(=N)N)c1)[C@H](/C=C/c1ccccc1)NC(=O)c1ccc(C2CCCCC2)cc1. The summed E-state index contributed by atoms with van der Waals surface area (Å²) in [5, 5.41) is 10.8. The Bertz CT molecular complexity index is 1300. The van der Waals surface area contributed by atoms with Crippen LogP contribution in [0.1, 0.15) is 70.6 Å². The lowest BCUT2D eigenvalue weighted by Crippen LogP contribution is -2.43. The Morgan fingerprint density at radius 2 is 1.69 bits per heavy atom. The highest BCUT2D eigenvalue weighted by Crippen LogP contribution is 2.32. The first-order valence-electron chi connectivity index (χ1n) is 13.6. The molecule has 6 heteroatoms. The zero-order valence-electron chi connectivity index (χ0n) is 22.4. The van der Waals surface area contributed by atoms with Crippen LogP contribution in [0.4, 0.5) is 0 Å². The quantitative estimate of drug-likeness (QED) is 0.176. The van der Waals surface area contributed by atoms with Crippen molar-refractivity contribution in [2.45, 2.75) is 50.5 Å². The molecule has 0 saturated heterocycles. The van der Waals surface area contributed by atoms with Crippen LogP contribution >= 0.6 is 0 Å². The van der Waals surface area contributed by atoms with Crippen LogP contribution in [0.5, 0.6) is 0 Å². The molecule has 3 aromatic carbocycles. The van der Waals surface area contributed by atoms with E-state index in [0.29, 0.717) is 23.5 Å². The van der Waals surface area contributed by atoms with E-state index in [-0.39, 0.29) is 11.7 Å². The van der Waals surface area contributed by atoms with Gasteiger partial charge in [0, 0.05) is 11.1 Å². The number of amides is 1. The van der Waals surface area contributed by atoms with Gasteiger partial charge in [-0.15, -0.1) is 0 Å². The van der Waals surface area contributed by atoms with Gasteiger partial charge in [0.2, 0.25) is 0 Å². The highest BCUT2D eigenvalue weighted by atomic mass is 16.5. The summed E-state index contributed by atoms with van der Waals surface area (Å²) in [6.07, 6.45) is 10.3. The lowest BCUT2D eigenvalue weighted by atomic mass is 9.84. The fraction of sp³-hybridized carbons (Fsp3) is 0.303. The number of methoxy groups -OCH3 is 1. The summed E-state index contributed by atoms with van der Waals surface area (Å²) in [6.45, 7) is 0. The van der Waals surface area contributed by atoms with Crippen LogP contribution in [0, 0.1) is 11.3 Å². The molecule has 0 bridgehead atoms. The fourth-order valence-electron chi connectivity index (χ4n) is 5.27. The van der Waals surface area contributed by atoms with Crippen molar-refractivity contribution < 1.29 is 14.3 Å². The minimum Gasteiger partial charge on any atom is -0.469 e. The number of nitrogen functional groups attached to an aromatic ring is 1. The average Bonchev–Trinajstić information content (AvgIpc) is 2.99. The molecule has 202 valence electrons. The maximum absolute atomic E-state index is 13.4. The largest absolute Gasteiger partial charge is 0.469 e. The van der Waals surface area contributed by atoms with Crippen molar-refractivity contribution in [1.29, 1.82) is 5.41 Å². The third-order valence-corrected chi connectivity index (χ3v) is 7.47. The molecule has 0 aromatic heterocycles. The molecule has 2 atom stereocenters. The first kappa shape index (κ1) is 27.8. The molecule has 1 aliphatic rings. The Hall–Kier alpha value is -4.19. The number of nitrogens with two attached hydrogens (primary N) is 1. The van der Waals surface area contributed by atoms with E-state index in [1.165, 1.54) is 44.8 Å². The molecule has 6 nitrogen and oxygen atoms in total. The van der Waals surface area contributed by atoms with Crippen molar-refractivity contribution in [2.75, 3.05) is 7.11 Å². The average molecular weight is 524 g/mol. The van der Waals surface area contributed by atoms with Crippen molar-refractivity contribution in [2.24, 2.45) is 11.7 Å². The summed E-state index contributed by atoms with van der Waals surface area (Å²) in [7, 11) is 1.35. The molecule has 39 heavy (non-hydrogen) atoms. The predicted octanol–water partition coefficient (Wildman–Crippen LogP) is 5.86. The van der Waals surface area contributed by atoms with Gasteiger partial charge in [0.25, 0.3) is 5.91 Å². The third-order valence-electron chi connectivity index (χ3n) is 7.47. The smallest absolute Gasteiger partial charge is 0.311 e. The number of rotatable bonds is 10. The zero-order chi connectivity index (χ0) is 27.6. The number of amidine groups is 1. The Kier molecular flexibility index (Phi) is 9.68. The Morgan fingerprint density at radius 1 is 0.974 bits per heavy atom. The van der Waals surface area contributed by atoms with E-state index in [0.717, 1.165) is 11.1 Å². The molecular weight excluding hydrogens is 486 g/mol. The van der Waals surface area contributed by atoms with E-state index >= 15 is 0 Å². The van der Waals surface area contributed by atoms with Crippen LogP contribution in [-0.4, -0.2) is 30.9 Å². The molecule has 1 saturated carbocycles. The van der Waals surface area contributed by atoms with Gasteiger partial charge in [0.1, 0.15) is 5.84 Å². The number of ether oxygens (including phenoxy) is 1. The number of carbonyl (C=O) groups is 2. The predicted molar refractivity (Wildman–Crippen MR) is 156 cm³/mol. The summed E-state index contributed by atoms with van der Waals surface area (Å²) in [6, 6.07) is 24.2. The van der Waals surface area contributed by atoms with Crippen molar-refractivity contribution >= 4 is 23.8 Å². The van der Waals surface area contributed by atoms with Gasteiger partial charge in [-0.3, -0.25) is 15.0 Å². The normalized spacial score (nSPS) is 15.4. The highest BCUT2D eigenvalue weighted by Gasteiger charge is 2.30. The maximum atomic E-state index is 13.4. The maximum Gasteiger partial charge on any atom is 0.311 e. The van der Waals surface area contributed by atoms with Gasteiger partial charge in [-0.05, 0) is 60.1 Å². The minimum absolute atomic E-state index is 0.0445. The van der Waals surface area contributed by atoms with Crippen molar-refractivity contribution in [3.63, 3.8) is 0 Å². The van der Waals surface area contributed by atoms with Crippen molar-refractivity contribution in [3.8, 4) is 0 Å². The summed E-state index contributed by atoms with van der Waals surface area (Å²) in [5.41, 5.74) is 9.87. The second-order valence-electron chi connectivity index (χ2n) is 10.2. The van der Waals surface area contributed by atoms with E-state index in [1.807, 2.05) is 66.7 Å². The lowest BCUT2D eigenvalue weighted by molar-refractivity contribution is -0.145. The Labute approximate surface area is 230 Å². The number of hydrogen-bond acceptors (Lipinski definition) is 4. The summed E-state index contributed by atoms with van der Waals surface area (Å²) in [5.74, 6) is -0.857. The second-order valence-corrected chi connectivity index (χ2v) is 10.2. The molecule has 4 rings (SSSR count). The Balaban J connectivity index is 1.60. The van der Waals surface area contributed by atoms with Crippen molar-refractivity contribution in [3.05, 3.63) is 113 Å². The fourth-order valence-corrected chi connectivity index (χ4v) is 5.27. The first-order chi connectivity index (χ1) is 18.9. The number of nitrogens with one attached hydrogen (secondary N) is 2. The highest BCUT2D eigenvalue weighted by molar-refractivity contribution is 5.95. The van der Waals surface area contributed by atoms with Crippen LogP contribution < -0.4 is 11.1 Å². The van der Waals surface area contributed by atoms with E-state index in [1.54, 1.807) is 12.1 Å². The number of esters is 1. The van der Waals surface area contributed by atoms with Gasteiger partial charge < -0.3 is 15.8 Å². The standard InChI is InChI=1S/C33H37N3O3/c1-39-33(38)29(22-24-11-8-14-28(21-24)31(34)35)30(20-15-23-9-4-2-5-10-23)36-32(37)27-18-16-26(17-19-27)25-12-6-3-7-13-25/h2,4-5,8-11,14-21,25,29-30H,3,6-7,12-13,22H2,1H3,(H3,34,35)(H,36,37)/b20-15+/t29-,30-/m0/s1. The molecule has 0 unspecified atom stereocenters. The van der Waals surface area contributed by atoms with Gasteiger partial charge >= 0.3 is 5.97 Å². The number of benzene rings is 3. The van der Waals surface area contributed by atoms with Gasteiger partial charge in [0.15, 0.2) is 0 Å². The minimum atomic E-state index is -0.692. The summed E-state index contributed by atoms with van der Waals surface area (Å²) >= 11 is 0. The Morgan fingerprint density at radius 3 is 2.36 bits per heavy atom. The molecular formula is C33H37N3O3. The van der Waals surface area contributed by atoms with E-state index < -0.39 is 17.9 Å². The van der Waals surface area contributed by atoms with E-state index in [2.05, 4.69) is 17.4 Å². The molecule has 4 N–H and O–H groups in total. The lowest BCUT2D eigenvalue weighted by Gasteiger charge is -2.25. The molecule has 0 radical (unpaired) electrons. The number of hydrogen-bond donors (Lipinski definition) is 3. The van der Waals surface area contributed by atoms with E-state index in [9.17, 15) is 9.59 Å². The molecule has 3 aromatic rings. The van der Waals surface area contributed by atoms with Gasteiger partial charge in [-0.2, -0.15) is 0 Å². The van der Waals surface area contributed by atoms with Crippen molar-refractivity contribution in [1.82, 2.24) is 5.32 Å². The van der Waals surface area contributed by atoms with Gasteiger partial charge in [-0.1, -0.05) is 92.1 Å². The van der Waals surface area contributed by atoms with Crippen LogP contribution in [0.2, 0.25) is 0 Å². The van der Waals surface area contributed by atoms with Crippen LogP contribution in [0.25, 0.3) is 6.08 Å². The monoisotopic (exact) mass is 523 g/mol. The molecule has 0 heterocycles. The molecule has 0 aliphatic heterocycles. The topological polar surface area (TPSA) is 105 Å². The third kappa shape index (κ3) is 7.66. The van der Waals surface area contributed by atoms with Crippen LogP contribution in [-0.2, 0) is 16.0 Å². The van der Waals surface area contributed by atoms with E-state index in [4.69, 9.17) is 15.9 Å². The molecule has 1 fully saturated rings. The van der Waals surface area contributed by atoms with Crippen LogP contribution in [0.3, 0.4) is 0 Å². The van der Waals surface area contributed by atoms with Gasteiger partial charge in [0.05, 0.1) is 19.1 Å². The van der Waals surface area contributed by atoms with Crippen LogP contribution in [0.15, 0.2) is 84.9 Å². The summed E-state index contributed by atoms with van der Waals surface area (Å²) in [4.78, 5) is 26.5. The second kappa shape index (κ2) is 13.6. The zero-order valence-corrected chi connectivity index (χ0v) is 22.4. The first-order valence-corrected chi connectivity index (χ1v) is 13.6.